The standard InChI is InChI=1S/C28H48BN5O5/c1-18(2)22(32-25(36)37-26(5,6)7)23(35)33-13-12-20(16-33)17-34(19(3)4)24-30-14-21(15-31-24)29-38-27(8,9)28(10,11)39-29/h14-15,18-20,22H,12-13,16-17H2,1-11H3,(H,32,36)/t20-,22+/m1/s1. The summed E-state index contributed by atoms with van der Waals surface area (Å²) >= 11 is 0. The molecule has 2 aliphatic heterocycles. The van der Waals surface area contributed by atoms with E-state index >= 15 is 0 Å². The minimum absolute atomic E-state index is 0.0628. The van der Waals surface area contributed by atoms with E-state index in [1.54, 1.807) is 33.2 Å². The molecule has 2 saturated heterocycles. The molecule has 1 aromatic heterocycles. The molecular formula is C28H48BN5O5. The molecule has 0 bridgehead atoms. The second-order valence-corrected chi connectivity index (χ2v) is 13.5. The second-order valence-electron chi connectivity index (χ2n) is 13.5. The fourth-order valence-corrected chi connectivity index (χ4v) is 4.71. The number of aromatic nitrogens is 2. The summed E-state index contributed by atoms with van der Waals surface area (Å²) in [6.45, 7) is 23.6. The first-order valence-electron chi connectivity index (χ1n) is 14.1. The molecule has 1 N–H and O–H groups in total. The number of anilines is 1. The first kappa shape index (κ1) is 31.1. The van der Waals surface area contributed by atoms with E-state index in [0.717, 1.165) is 18.4 Å². The summed E-state index contributed by atoms with van der Waals surface area (Å²) in [6, 6.07) is -0.458. The summed E-state index contributed by atoms with van der Waals surface area (Å²) in [6.07, 6.45) is 3.86. The monoisotopic (exact) mass is 545 g/mol. The normalized spacial score (nSPS) is 21.4. The second kappa shape index (κ2) is 11.6. The van der Waals surface area contributed by atoms with Gasteiger partial charge in [-0.3, -0.25) is 4.79 Å². The Morgan fingerprint density at radius 1 is 1.13 bits per heavy atom. The Labute approximate surface area is 234 Å². The predicted molar refractivity (Wildman–Crippen MR) is 153 cm³/mol. The lowest BCUT2D eigenvalue weighted by Crippen LogP contribution is -2.51. The van der Waals surface area contributed by atoms with Gasteiger partial charge in [-0.25, -0.2) is 14.8 Å². The number of hydrogen-bond acceptors (Lipinski definition) is 8. The van der Waals surface area contributed by atoms with Crippen LogP contribution in [0.15, 0.2) is 12.4 Å². The molecule has 0 saturated carbocycles. The van der Waals surface area contributed by atoms with E-state index in [9.17, 15) is 9.59 Å². The van der Waals surface area contributed by atoms with Gasteiger partial charge in [-0.1, -0.05) is 13.8 Å². The van der Waals surface area contributed by atoms with E-state index in [2.05, 4.69) is 34.0 Å². The molecule has 0 aliphatic carbocycles. The molecule has 2 fully saturated rings. The van der Waals surface area contributed by atoms with Gasteiger partial charge in [0, 0.05) is 43.5 Å². The summed E-state index contributed by atoms with van der Waals surface area (Å²) in [5, 5.41) is 2.78. The van der Waals surface area contributed by atoms with Gasteiger partial charge in [0.05, 0.1) is 11.2 Å². The highest BCUT2D eigenvalue weighted by atomic mass is 16.7. The van der Waals surface area contributed by atoms with Crippen molar-refractivity contribution in [2.24, 2.45) is 11.8 Å². The first-order valence-corrected chi connectivity index (χ1v) is 14.1. The summed E-state index contributed by atoms with van der Waals surface area (Å²) in [5.74, 6) is 0.767. The van der Waals surface area contributed by atoms with Gasteiger partial charge in [-0.15, -0.1) is 0 Å². The van der Waals surface area contributed by atoms with Gasteiger partial charge in [0.2, 0.25) is 11.9 Å². The Kier molecular flexibility index (Phi) is 9.27. The molecule has 2 aliphatic rings. The first-order chi connectivity index (χ1) is 17.9. The summed E-state index contributed by atoms with van der Waals surface area (Å²) in [7, 11) is -0.505. The van der Waals surface area contributed by atoms with Crippen molar-refractivity contribution in [1.29, 1.82) is 0 Å². The van der Waals surface area contributed by atoms with E-state index in [4.69, 9.17) is 14.0 Å². The Morgan fingerprint density at radius 2 is 1.69 bits per heavy atom. The molecule has 0 unspecified atom stereocenters. The molecule has 0 radical (unpaired) electrons. The number of carbonyl (C=O) groups excluding carboxylic acids is 2. The number of alkyl carbamates (subject to hydrolysis) is 1. The largest absolute Gasteiger partial charge is 0.498 e. The van der Waals surface area contributed by atoms with Gasteiger partial charge in [0.15, 0.2) is 0 Å². The van der Waals surface area contributed by atoms with Gasteiger partial charge in [-0.05, 0) is 80.6 Å². The molecule has 0 spiro atoms. The lowest BCUT2D eigenvalue weighted by Gasteiger charge is -2.32. The van der Waals surface area contributed by atoms with E-state index in [1.807, 2.05) is 46.4 Å². The van der Waals surface area contributed by atoms with E-state index in [0.29, 0.717) is 19.0 Å². The van der Waals surface area contributed by atoms with Crippen LogP contribution >= 0.6 is 0 Å². The van der Waals surface area contributed by atoms with Crippen LogP contribution in [0.3, 0.4) is 0 Å². The summed E-state index contributed by atoms with van der Waals surface area (Å²) in [4.78, 5) is 39.1. The van der Waals surface area contributed by atoms with Crippen LogP contribution in [0, 0.1) is 11.8 Å². The maximum Gasteiger partial charge on any atom is 0.498 e. The van der Waals surface area contributed by atoms with Crippen LogP contribution < -0.4 is 15.7 Å². The summed E-state index contributed by atoms with van der Waals surface area (Å²) < 4.78 is 17.7. The van der Waals surface area contributed by atoms with Gasteiger partial charge in [0.25, 0.3) is 0 Å². The van der Waals surface area contributed by atoms with Crippen molar-refractivity contribution in [1.82, 2.24) is 20.2 Å². The van der Waals surface area contributed by atoms with Crippen molar-refractivity contribution in [2.75, 3.05) is 24.5 Å². The van der Waals surface area contributed by atoms with Crippen LogP contribution in [0.25, 0.3) is 0 Å². The third-order valence-corrected chi connectivity index (χ3v) is 7.72. The van der Waals surface area contributed by atoms with Crippen molar-refractivity contribution >= 4 is 30.5 Å². The lowest BCUT2D eigenvalue weighted by atomic mass is 9.81. The van der Waals surface area contributed by atoms with Crippen LogP contribution in [0.2, 0.25) is 0 Å². The summed E-state index contributed by atoms with van der Waals surface area (Å²) in [5.41, 5.74) is -0.694. The minimum Gasteiger partial charge on any atom is -0.444 e. The molecule has 10 nitrogen and oxygen atoms in total. The van der Waals surface area contributed by atoms with E-state index in [-0.39, 0.29) is 23.8 Å². The molecule has 11 heteroatoms. The van der Waals surface area contributed by atoms with Crippen molar-refractivity contribution < 1.29 is 23.6 Å². The average molecular weight is 546 g/mol. The third-order valence-electron chi connectivity index (χ3n) is 7.72. The molecule has 39 heavy (non-hydrogen) atoms. The van der Waals surface area contributed by atoms with Crippen LogP contribution in [-0.2, 0) is 18.8 Å². The molecular weight excluding hydrogens is 497 g/mol. The molecule has 218 valence electrons. The number of amides is 2. The molecule has 3 heterocycles. The quantitative estimate of drug-likeness (QED) is 0.496. The molecule has 0 aromatic carbocycles. The third kappa shape index (κ3) is 7.63. The van der Waals surface area contributed by atoms with Gasteiger partial charge >= 0.3 is 13.2 Å². The highest BCUT2D eigenvalue weighted by Gasteiger charge is 2.52. The predicted octanol–water partition coefficient (Wildman–Crippen LogP) is 3.39. The van der Waals surface area contributed by atoms with Gasteiger partial charge in [-0.2, -0.15) is 0 Å². The maximum atomic E-state index is 13.4. The van der Waals surface area contributed by atoms with E-state index in [1.165, 1.54) is 0 Å². The average Bonchev–Trinajstić information content (AvgIpc) is 3.35. The zero-order valence-corrected chi connectivity index (χ0v) is 25.7. The van der Waals surface area contributed by atoms with E-state index < -0.39 is 36.1 Å². The number of rotatable bonds is 8. The number of likely N-dealkylation sites (tertiary alicyclic amines) is 1. The smallest absolute Gasteiger partial charge is 0.444 e. The van der Waals surface area contributed by atoms with Gasteiger partial charge in [0.1, 0.15) is 11.6 Å². The zero-order valence-electron chi connectivity index (χ0n) is 25.7. The fourth-order valence-electron chi connectivity index (χ4n) is 4.71. The zero-order chi connectivity index (χ0) is 29.3. The molecule has 2 atom stereocenters. The van der Waals surface area contributed by atoms with Crippen molar-refractivity contribution in [2.45, 2.75) is 111 Å². The Bertz CT molecular complexity index is 993. The Hall–Kier alpha value is -2.40. The number of hydrogen-bond donors (Lipinski definition) is 1. The fraction of sp³-hybridized carbons (Fsp3) is 0.786. The number of ether oxygens (including phenoxy) is 1. The van der Waals surface area contributed by atoms with Crippen LogP contribution in [0.1, 0.15) is 82.6 Å². The number of nitrogens with zero attached hydrogens (tertiary/aromatic N) is 4. The number of nitrogens with one attached hydrogen (secondary N) is 1. The number of carbonyl (C=O) groups is 2. The molecule has 2 amide bonds. The van der Waals surface area contributed by atoms with Crippen molar-refractivity contribution in [3.63, 3.8) is 0 Å². The lowest BCUT2D eigenvalue weighted by molar-refractivity contribution is -0.133. The Morgan fingerprint density at radius 3 is 2.18 bits per heavy atom. The van der Waals surface area contributed by atoms with Gasteiger partial charge < -0.3 is 29.2 Å². The minimum atomic E-state index is -0.634. The molecule has 3 rings (SSSR count). The van der Waals surface area contributed by atoms with Crippen LogP contribution in [0.5, 0.6) is 0 Å². The topological polar surface area (TPSA) is 106 Å². The van der Waals surface area contributed by atoms with Crippen molar-refractivity contribution in [3.05, 3.63) is 12.4 Å². The Balaban J connectivity index is 1.63. The maximum absolute atomic E-state index is 13.4. The highest BCUT2D eigenvalue weighted by molar-refractivity contribution is 6.61. The highest BCUT2D eigenvalue weighted by Crippen LogP contribution is 2.36. The van der Waals surface area contributed by atoms with Crippen molar-refractivity contribution in [3.8, 4) is 0 Å². The SMILES string of the molecule is CC(C)[C@H](NC(=O)OC(C)(C)C)C(=O)N1CC[C@@H](CN(c2ncc(B3OC(C)(C)C(C)(C)O3)cn2)C(C)C)C1. The van der Waals surface area contributed by atoms with Crippen LogP contribution in [0.4, 0.5) is 10.7 Å². The molecule has 1 aromatic rings. The van der Waals surface area contributed by atoms with Crippen LogP contribution in [-0.4, -0.2) is 82.5 Å².